The highest BCUT2D eigenvalue weighted by molar-refractivity contribution is 9.09. The number of carbonyl (C=O) groups excluding carboxylic acids is 1. The van der Waals surface area contributed by atoms with Crippen molar-refractivity contribution in [1.29, 1.82) is 0 Å². The van der Waals surface area contributed by atoms with Gasteiger partial charge >= 0.3 is 0 Å². The van der Waals surface area contributed by atoms with Crippen LogP contribution in [0, 0.1) is 6.92 Å². The molecule has 0 aliphatic carbocycles. The number of aliphatic carboxylic acids is 1. The van der Waals surface area contributed by atoms with Gasteiger partial charge in [-0.25, -0.2) is 0 Å². The molecule has 5 heteroatoms. The molecule has 0 radical (unpaired) electrons. The van der Waals surface area contributed by atoms with Crippen LogP contribution in [0.5, 0.6) is 5.75 Å². The summed E-state index contributed by atoms with van der Waals surface area (Å²) < 4.78 is 10.8. The van der Waals surface area contributed by atoms with E-state index in [0.29, 0.717) is 11.3 Å². The number of alkyl halides is 1. The van der Waals surface area contributed by atoms with Crippen molar-refractivity contribution >= 4 is 32.9 Å². The molecule has 0 N–H and O–H groups in total. The SMILES string of the molecule is Cc1oc2c(OCC(=O)[O-])cccc2c1CCBr. The lowest BCUT2D eigenvalue weighted by molar-refractivity contribution is -0.307. The van der Waals surface area contributed by atoms with Crippen molar-refractivity contribution in [2.24, 2.45) is 0 Å². The fourth-order valence-electron chi connectivity index (χ4n) is 1.92. The van der Waals surface area contributed by atoms with Gasteiger partial charge in [-0.05, 0) is 19.4 Å². The van der Waals surface area contributed by atoms with E-state index in [1.165, 1.54) is 0 Å². The fourth-order valence-corrected chi connectivity index (χ4v) is 2.32. The van der Waals surface area contributed by atoms with Crippen LogP contribution in [0.1, 0.15) is 11.3 Å². The molecule has 0 aliphatic rings. The molecule has 96 valence electrons. The van der Waals surface area contributed by atoms with E-state index >= 15 is 0 Å². The van der Waals surface area contributed by atoms with Crippen molar-refractivity contribution in [3.05, 3.63) is 29.5 Å². The van der Waals surface area contributed by atoms with Crippen molar-refractivity contribution in [3.63, 3.8) is 0 Å². The second-order valence-corrected chi connectivity index (χ2v) is 4.66. The first-order valence-corrected chi connectivity index (χ1v) is 6.65. The summed E-state index contributed by atoms with van der Waals surface area (Å²) in [4.78, 5) is 10.4. The number of hydrogen-bond donors (Lipinski definition) is 0. The number of furan rings is 1. The van der Waals surface area contributed by atoms with Crippen LogP contribution in [0.15, 0.2) is 22.6 Å². The van der Waals surface area contributed by atoms with E-state index in [2.05, 4.69) is 15.9 Å². The lowest BCUT2D eigenvalue weighted by atomic mass is 10.1. The van der Waals surface area contributed by atoms with Gasteiger partial charge in [0, 0.05) is 16.3 Å². The molecule has 0 spiro atoms. The van der Waals surface area contributed by atoms with Crippen molar-refractivity contribution in [1.82, 2.24) is 0 Å². The Labute approximate surface area is 113 Å². The molecule has 18 heavy (non-hydrogen) atoms. The van der Waals surface area contributed by atoms with Gasteiger partial charge in [-0.3, -0.25) is 0 Å². The zero-order valence-corrected chi connectivity index (χ0v) is 11.5. The van der Waals surface area contributed by atoms with Gasteiger partial charge in [0.25, 0.3) is 0 Å². The number of carboxylic acid groups (broad SMARTS) is 1. The Bertz CT molecular complexity index is 574. The van der Waals surface area contributed by atoms with E-state index in [1.54, 1.807) is 6.07 Å². The zero-order chi connectivity index (χ0) is 13.1. The Kier molecular flexibility index (Phi) is 3.91. The minimum atomic E-state index is -1.25. The first-order valence-electron chi connectivity index (χ1n) is 5.53. The van der Waals surface area contributed by atoms with Crippen LogP contribution >= 0.6 is 15.9 Å². The van der Waals surface area contributed by atoms with Gasteiger partial charge in [-0.1, -0.05) is 28.1 Å². The topological polar surface area (TPSA) is 62.5 Å². The number of halogens is 1. The van der Waals surface area contributed by atoms with Gasteiger partial charge in [0.05, 0.1) is 5.97 Å². The number of ether oxygens (including phenoxy) is 1. The molecule has 0 saturated carbocycles. The first kappa shape index (κ1) is 13.0. The van der Waals surface area contributed by atoms with Gasteiger partial charge in [0.2, 0.25) is 0 Å². The maximum atomic E-state index is 10.4. The Morgan fingerprint density at radius 1 is 1.50 bits per heavy atom. The summed E-state index contributed by atoms with van der Waals surface area (Å²) in [6.07, 6.45) is 0.850. The third-order valence-electron chi connectivity index (χ3n) is 2.67. The van der Waals surface area contributed by atoms with Crippen LogP contribution in [-0.4, -0.2) is 17.9 Å². The molecule has 4 nitrogen and oxygen atoms in total. The van der Waals surface area contributed by atoms with Crippen LogP contribution in [0.3, 0.4) is 0 Å². The Hall–Kier alpha value is -1.49. The number of fused-ring (bicyclic) bond motifs is 1. The Morgan fingerprint density at radius 2 is 2.28 bits per heavy atom. The molecule has 0 bridgehead atoms. The molecule has 0 unspecified atom stereocenters. The quantitative estimate of drug-likeness (QED) is 0.790. The maximum absolute atomic E-state index is 10.4. The van der Waals surface area contributed by atoms with Crippen LogP contribution in [0.25, 0.3) is 11.0 Å². The van der Waals surface area contributed by atoms with Crippen molar-refractivity contribution in [2.45, 2.75) is 13.3 Å². The van der Waals surface area contributed by atoms with E-state index in [0.717, 1.165) is 28.5 Å². The summed E-state index contributed by atoms with van der Waals surface area (Å²) in [7, 11) is 0. The molecule has 1 heterocycles. The molecule has 0 saturated heterocycles. The molecule has 0 amide bonds. The van der Waals surface area contributed by atoms with Crippen LogP contribution < -0.4 is 9.84 Å². The number of rotatable bonds is 5. The number of para-hydroxylation sites is 1. The minimum Gasteiger partial charge on any atom is -0.546 e. The summed E-state index contributed by atoms with van der Waals surface area (Å²) in [5, 5.41) is 12.2. The predicted molar refractivity (Wildman–Crippen MR) is 69.0 cm³/mol. The largest absolute Gasteiger partial charge is 0.546 e. The highest BCUT2D eigenvalue weighted by Gasteiger charge is 2.14. The van der Waals surface area contributed by atoms with Crippen LogP contribution in [0.2, 0.25) is 0 Å². The molecule has 2 aromatic rings. The monoisotopic (exact) mass is 311 g/mol. The van der Waals surface area contributed by atoms with E-state index in [9.17, 15) is 9.90 Å². The lowest BCUT2D eigenvalue weighted by Gasteiger charge is -2.06. The molecule has 2 rings (SSSR count). The smallest absolute Gasteiger partial charge is 0.176 e. The molecule has 0 aliphatic heterocycles. The maximum Gasteiger partial charge on any atom is 0.176 e. The molecule has 0 atom stereocenters. The lowest BCUT2D eigenvalue weighted by Crippen LogP contribution is -2.28. The van der Waals surface area contributed by atoms with Gasteiger partial charge in [0.15, 0.2) is 11.3 Å². The second-order valence-electron chi connectivity index (χ2n) is 3.87. The zero-order valence-electron chi connectivity index (χ0n) is 9.86. The first-order chi connectivity index (χ1) is 8.63. The number of aryl methyl sites for hydroxylation is 2. The second kappa shape index (κ2) is 5.44. The molecular weight excluding hydrogens is 300 g/mol. The molecular formula is C13H12BrO4-. The predicted octanol–water partition coefficient (Wildman–Crippen LogP) is 1.81. The third-order valence-corrected chi connectivity index (χ3v) is 3.07. The van der Waals surface area contributed by atoms with Crippen molar-refractivity contribution in [3.8, 4) is 5.75 Å². The number of carboxylic acids is 1. The molecule has 1 aromatic carbocycles. The fraction of sp³-hybridized carbons (Fsp3) is 0.308. The highest BCUT2D eigenvalue weighted by atomic mass is 79.9. The van der Waals surface area contributed by atoms with Crippen LogP contribution in [0.4, 0.5) is 0 Å². The summed E-state index contributed by atoms with van der Waals surface area (Å²) in [5.41, 5.74) is 1.70. The van der Waals surface area contributed by atoms with E-state index in [-0.39, 0.29) is 0 Å². The van der Waals surface area contributed by atoms with Gasteiger partial charge in [-0.15, -0.1) is 0 Å². The normalized spacial score (nSPS) is 10.8. The molecule has 0 fully saturated rings. The minimum absolute atomic E-state index is 0.431. The number of benzene rings is 1. The van der Waals surface area contributed by atoms with Crippen molar-refractivity contribution in [2.75, 3.05) is 11.9 Å². The van der Waals surface area contributed by atoms with E-state index in [1.807, 2.05) is 19.1 Å². The average Bonchev–Trinajstić information content (AvgIpc) is 2.65. The van der Waals surface area contributed by atoms with Gasteiger partial charge < -0.3 is 19.1 Å². The van der Waals surface area contributed by atoms with Crippen molar-refractivity contribution < 1.29 is 19.1 Å². The number of hydrogen-bond acceptors (Lipinski definition) is 4. The van der Waals surface area contributed by atoms with E-state index < -0.39 is 12.6 Å². The van der Waals surface area contributed by atoms with Gasteiger partial charge in [0.1, 0.15) is 12.4 Å². The summed E-state index contributed by atoms with van der Waals surface area (Å²) >= 11 is 3.40. The number of carbonyl (C=O) groups is 1. The standard InChI is InChI=1S/C13H13BrO4/c1-8-9(5-6-14)10-3-2-4-11(13(10)18-8)17-7-12(15)16/h2-4H,5-7H2,1H3,(H,15,16)/p-1. The summed E-state index contributed by atoms with van der Waals surface area (Å²) in [6.45, 7) is 1.41. The Morgan fingerprint density at radius 3 is 2.94 bits per heavy atom. The summed E-state index contributed by atoms with van der Waals surface area (Å²) in [5.74, 6) is 0.00513. The highest BCUT2D eigenvalue weighted by Crippen LogP contribution is 2.32. The Balaban J connectivity index is 2.43. The van der Waals surface area contributed by atoms with E-state index in [4.69, 9.17) is 9.15 Å². The van der Waals surface area contributed by atoms with Crippen LogP contribution in [-0.2, 0) is 11.2 Å². The molecule has 1 aromatic heterocycles. The third kappa shape index (κ3) is 2.51. The van der Waals surface area contributed by atoms with Gasteiger partial charge in [-0.2, -0.15) is 0 Å². The average molecular weight is 312 g/mol. The summed E-state index contributed by atoms with van der Waals surface area (Å²) in [6, 6.07) is 5.45.